The van der Waals surface area contributed by atoms with Gasteiger partial charge < -0.3 is 9.84 Å². The molecule has 0 saturated heterocycles. The molecule has 3 aromatic rings. The summed E-state index contributed by atoms with van der Waals surface area (Å²) in [6, 6.07) is 15.4. The maximum absolute atomic E-state index is 11.0. The van der Waals surface area contributed by atoms with Crippen LogP contribution in [0.4, 0.5) is 0 Å². The van der Waals surface area contributed by atoms with Crippen molar-refractivity contribution < 1.29 is 14.6 Å². The molecule has 0 spiro atoms. The van der Waals surface area contributed by atoms with Gasteiger partial charge in [-0.25, -0.2) is 0 Å². The van der Waals surface area contributed by atoms with E-state index in [0.717, 1.165) is 22.3 Å². The molecular formula is C19H18N2O3. The molecule has 5 nitrogen and oxygen atoms in total. The summed E-state index contributed by atoms with van der Waals surface area (Å²) in [5.41, 5.74) is 3.54. The summed E-state index contributed by atoms with van der Waals surface area (Å²) in [6.45, 7) is 0.451. The molecule has 0 bridgehead atoms. The van der Waals surface area contributed by atoms with Crippen molar-refractivity contribution in [2.45, 2.75) is 13.0 Å². The highest BCUT2D eigenvalue weighted by atomic mass is 16.5. The summed E-state index contributed by atoms with van der Waals surface area (Å²) >= 11 is 0. The summed E-state index contributed by atoms with van der Waals surface area (Å²) in [5, 5.41) is 13.2. The summed E-state index contributed by atoms with van der Waals surface area (Å²) in [7, 11) is 1.84. The van der Waals surface area contributed by atoms with Crippen LogP contribution in [0, 0.1) is 0 Å². The Hall–Kier alpha value is -3.08. The normalized spacial score (nSPS) is 10.5. The van der Waals surface area contributed by atoms with Crippen LogP contribution in [0.2, 0.25) is 0 Å². The maximum atomic E-state index is 11.0. The van der Waals surface area contributed by atoms with E-state index in [1.807, 2.05) is 55.7 Å². The quantitative estimate of drug-likeness (QED) is 0.756. The fraction of sp³-hybridized carbons (Fsp3) is 0.158. The lowest BCUT2D eigenvalue weighted by atomic mass is 10.0. The minimum absolute atomic E-state index is 0.0216. The minimum Gasteiger partial charge on any atom is -0.488 e. The fourth-order valence-corrected chi connectivity index (χ4v) is 2.51. The lowest BCUT2D eigenvalue weighted by Gasteiger charge is -2.12. The van der Waals surface area contributed by atoms with Crippen LogP contribution < -0.4 is 4.74 Å². The van der Waals surface area contributed by atoms with Gasteiger partial charge in [0.05, 0.1) is 12.6 Å². The highest BCUT2D eigenvalue weighted by Gasteiger charge is 2.11. The van der Waals surface area contributed by atoms with E-state index in [1.54, 1.807) is 16.9 Å². The van der Waals surface area contributed by atoms with Crippen LogP contribution in [0.1, 0.15) is 11.1 Å². The summed E-state index contributed by atoms with van der Waals surface area (Å²) in [4.78, 5) is 11.0. The van der Waals surface area contributed by atoms with Gasteiger partial charge in [-0.15, -0.1) is 0 Å². The second-order valence-corrected chi connectivity index (χ2v) is 5.58. The van der Waals surface area contributed by atoms with Gasteiger partial charge in [0.1, 0.15) is 12.4 Å². The van der Waals surface area contributed by atoms with Gasteiger partial charge in [-0.2, -0.15) is 5.10 Å². The molecule has 5 heteroatoms. The molecule has 0 saturated carbocycles. The number of ether oxygens (including phenoxy) is 1. The molecule has 0 unspecified atom stereocenters. The third-order valence-electron chi connectivity index (χ3n) is 3.65. The average molecular weight is 322 g/mol. The monoisotopic (exact) mass is 322 g/mol. The molecule has 1 heterocycles. The predicted octanol–water partition coefficient (Wildman–Crippen LogP) is 3.29. The van der Waals surface area contributed by atoms with Gasteiger partial charge in [-0.05, 0) is 23.3 Å². The van der Waals surface area contributed by atoms with E-state index >= 15 is 0 Å². The molecule has 3 rings (SSSR count). The van der Waals surface area contributed by atoms with Gasteiger partial charge in [-0.1, -0.05) is 36.4 Å². The van der Waals surface area contributed by atoms with Crippen molar-refractivity contribution in [1.29, 1.82) is 0 Å². The van der Waals surface area contributed by atoms with Crippen LogP contribution >= 0.6 is 0 Å². The van der Waals surface area contributed by atoms with E-state index in [9.17, 15) is 4.79 Å². The lowest BCUT2D eigenvalue weighted by molar-refractivity contribution is -0.136. The van der Waals surface area contributed by atoms with E-state index < -0.39 is 5.97 Å². The van der Waals surface area contributed by atoms with E-state index in [0.29, 0.717) is 12.4 Å². The standard InChI is InChI=1S/C19H18N2O3/c1-21-12-16(11-20-21)17-9-15(10-19(22)23)7-8-18(17)24-13-14-5-3-2-4-6-14/h2-9,11-12H,10,13H2,1H3,(H,22,23). The van der Waals surface area contributed by atoms with Gasteiger partial charge in [0.25, 0.3) is 0 Å². The SMILES string of the molecule is Cn1cc(-c2cc(CC(=O)O)ccc2OCc2ccccc2)cn1. The van der Waals surface area contributed by atoms with Gasteiger partial charge >= 0.3 is 5.97 Å². The Morgan fingerprint density at radius 2 is 1.96 bits per heavy atom. The van der Waals surface area contributed by atoms with E-state index in [1.165, 1.54) is 0 Å². The molecule has 0 aliphatic heterocycles. The molecule has 2 aromatic carbocycles. The first-order valence-corrected chi connectivity index (χ1v) is 7.62. The molecule has 0 aliphatic carbocycles. The predicted molar refractivity (Wildman–Crippen MR) is 90.8 cm³/mol. The Labute approximate surface area is 140 Å². The highest BCUT2D eigenvalue weighted by Crippen LogP contribution is 2.31. The zero-order chi connectivity index (χ0) is 16.9. The third kappa shape index (κ3) is 3.81. The summed E-state index contributed by atoms with van der Waals surface area (Å²) < 4.78 is 7.67. The van der Waals surface area contributed by atoms with Crippen molar-refractivity contribution >= 4 is 5.97 Å². The Morgan fingerprint density at radius 3 is 2.62 bits per heavy atom. The molecular weight excluding hydrogens is 304 g/mol. The van der Waals surface area contributed by atoms with Gasteiger partial charge in [0, 0.05) is 24.4 Å². The number of carboxylic acids is 1. The molecule has 24 heavy (non-hydrogen) atoms. The highest BCUT2D eigenvalue weighted by molar-refractivity contribution is 5.74. The van der Waals surface area contributed by atoms with E-state index in [-0.39, 0.29) is 6.42 Å². The van der Waals surface area contributed by atoms with E-state index in [2.05, 4.69) is 5.10 Å². The van der Waals surface area contributed by atoms with Crippen molar-refractivity contribution in [3.8, 4) is 16.9 Å². The first-order valence-electron chi connectivity index (χ1n) is 7.62. The van der Waals surface area contributed by atoms with Crippen molar-refractivity contribution in [2.75, 3.05) is 0 Å². The molecule has 0 aliphatic rings. The Balaban J connectivity index is 1.90. The lowest BCUT2D eigenvalue weighted by Crippen LogP contribution is -2.02. The third-order valence-corrected chi connectivity index (χ3v) is 3.65. The summed E-state index contributed by atoms with van der Waals surface area (Å²) in [6.07, 6.45) is 3.61. The van der Waals surface area contributed by atoms with Crippen LogP contribution in [0.3, 0.4) is 0 Å². The van der Waals surface area contributed by atoms with Gasteiger partial charge in [0.15, 0.2) is 0 Å². The maximum Gasteiger partial charge on any atom is 0.307 e. The number of aliphatic carboxylic acids is 1. The molecule has 0 fully saturated rings. The number of aromatic nitrogens is 2. The number of carboxylic acid groups (broad SMARTS) is 1. The second kappa shape index (κ2) is 7.00. The van der Waals surface area contributed by atoms with Crippen LogP contribution in [-0.4, -0.2) is 20.9 Å². The largest absolute Gasteiger partial charge is 0.488 e. The molecule has 1 N–H and O–H groups in total. The van der Waals surface area contributed by atoms with E-state index in [4.69, 9.17) is 9.84 Å². The number of hydrogen-bond acceptors (Lipinski definition) is 3. The number of carbonyl (C=O) groups is 1. The number of nitrogens with zero attached hydrogens (tertiary/aromatic N) is 2. The topological polar surface area (TPSA) is 64.4 Å². The van der Waals surface area contributed by atoms with Crippen molar-refractivity contribution in [3.63, 3.8) is 0 Å². The number of aryl methyl sites for hydroxylation is 1. The Bertz CT molecular complexity index is 841. The van der Waals surface area contributed by atoms with Crippen LogP contribution in [-0.2, 0) is 24.9 Å². The molecule has 122 valence electrons. The number of benzene rings is 2. The van der Waals surface area contributed by atoms with Crippen molar-refractivity contribution in [1.82, 2.24) is 9.78 Å². The smallest absolute Gasteiger partial charge is 0.307 e. The number of rotatable bonds is 6. The van der Waals surface area contributed by atoms with Crippen molar-refractivity contribution in [2.24, 2.45) is 7.05 Å². The van der Waals surface area contributed by atoms with Crippen LogP contribution in [0.25, 0.3) is 11.1 Å². The summed E-state index contributed by atoms with van der Waals surface area (Å²) in [5.74, 6) is -0.147. The molecule has 0 atom stereocenters. The molecule has 1 aromatic heterocycles. The molecule has 0 amide bonds. The first kappa shape index (κ1) is 15.8. The molecule has 0 radical (unpaired) electrons. The second-order valence-electron chi connectivity index (χ2n) is 5.58. The number of hydrogen-bond donors (Lipinski definition) is 1. The van der Waals surface area contributed by atoms with Crippen molar-refractivity contribution in [3.05, 3.63) is 72.1 Å². The first-order chi connectivity index (χ1) is 11.6. The minimum atomic E-state index is -0.856. The zero-order valence-electron chi connectivity index (χ0n) is 13.3. The Kier molecular flexibility index (Phi) is 4.61. The fourth-order valence-electron chi connectivity index (χ4n) is 2.51. The van der Waals surface area contributed by atoms with Gasteiger partial charge in [-0.3, -0.25) is 9.48 Å². The average Bonchev–Trinajstić information content (AvgIpc) is 3.00. The zero-order valence-corrected chi connectivity index (χ0v) is 13.3. The van der Waals surface area contributed by atoms with Gasteiger partial charge in [0.2, 0.25) is 0 Å². The van der Waals surface area contributed by atoms with Crippen LogP contribution in [0.5, 0.6) is 5.75 Å². The Morgan fingerprint density at radius 1 is 1.17 bits per heavy atom. The van der Waals surface area contributed by atoms with Crippen LogP contribution in [0.15, 0.2) is 60.9 Å².